The SMILES string of the molecule is CCOC(=O)c1c(O)c2cc(Cl)nnc2n(C)c1=O. The van der Waals surface area contributed by atoms with Crippen molar-refractivity contribution < 1.29 is 14.6 Å². The van der Waals surface area contributed by atoms with Gasteiger partial charge in [-0.2, -0.15) is 0 Å². The number of carbonyl (C=O) groups excluding carboxylic acids is 1. The molecule has 0 aliphatic rings. The number of hydrogen-bond acceptors (Lipinski definition) is 6. The van der Waals surface area contributed by atoms with E-state index < -0.39 is 22.8 Å². The summed E-state index contributed by atoms with van der Waals surface area (Å²) < 4.78 is 5.84. The molecule has 0 saturated heterocycles. The lowest BCUT2D eigenvalue weighted by Crippen LogP contribution is -2.26. The predicted molar refractivity (Wildman–Crippen MR) is 67.4 cm³/mol. The van der Waals surface area contributed by atoms with Gasteiger partial charge in [-0.05, 0) is 13.0 Å². The highest BCUT2D eigenvalue weighted by atomic mass is 35.5. The number of fused-ring (bicyclic) bond motifs is 1. The molecular weight excluding hydrogens is 274 g/mol. The van der Waals surface area contributed by atoms with Gasteiger partial charge < -0.3 is 9.84 Å². The van der Waals surface area contributed by atoms with Crippen LogP contribution in [0.15, 0.2) is 10.9 Å². The summed E-state index contributed by atoms with van der Waals surface area (Å²) in [6.07, 6.45) is 0. The Morgan fingerprint density at radius 2 is 2.21 bits per heavy atom. The average molecular weight is 284 g/mol. The van der Waals surface area contributed by atoms with E-state index in [1.165, 1.54) is 13.1 Å². The molecule has 0 aliphatic heterocycles. The van der Waals surface area contributed by atoms with E-state index in [1.54, 1.807) is 6.92 Å². The van der Waals surface area contributed by atoms with E-state index in [-0.39, 0.29) is 22.8 Å². The second-order valence-electron chi connectivity index (χ2n) is 3.71. The van der Waals surface area contributed by atoms with Crippen molar-refractivity contribution >= 4 is 28.6 Å². The number of hydrogen-bond donors (Lipinski definition) is 1. The number of ether oxygens (including phenoxy) is 1. The fourth-order valence-corrected chi connectivity index (χ4v) is 1.82. The van der Waals surface area contributed by atoms with E-state index in [9.17, 15) is 14.7 Å². The van der Waals surface area contributed by atoms with Crippen LogP contribution in [0.3, 0.4) is 0 Å². The van der Waals surface area contributed by atoms with Gasteiger partial charge in [0.05, 0.1) is 12.0 Å². The number of esters is 1. The van der Waals surface area contributed by atoms with Crippen LogP contribution in [-0.2, 0) is 11.8 Å². The quantitative estimate of drug-likeness (QED) is 0.822. The van der Waals surface area contributed by atoms with Crippen LogP contribution < -0.4 is 5.56 Å². The second kappa shape index (κ2) is 4.85. The van der Waals surface area contributed by atoms with Crippen molar-refractivity contribution in [2.75, 3.05) is 6.61 Å². The zero-order valence-electron chi connectivity index (χ0n) is 10.2. The summed E-state index contributed by atoms with van der Waals surface area (Å²) in [4.78, 5) is 23.7. The third-order valence-electron chi connectivity index (χ3n) is 2.55. The molecule has 1 N–H and O–H groups in total. The number of aromatic hydroxyl groups is 1. The van der Waals surface area contributed by atoms with Gasteiger partial charge in [-0.15, -0.1) is 10.2 Å². The molecule has 0 aliphatic carbocycles. The fourth-order valence-electron chi connectivity index (χ4n) is 1.67. The molecule has 2 rings (SSSR count). The average Bonchev–Trinajstić information content (AvgIpc) is 2.36. The van der Waals surface area contributed by atoms with Crippen LogP contribution in [0, 0.1) is 0 Å². The lowest BCUT2D eigenvalue weighted by Gasteiger charge is -2.09. The molecule has 2 heterocycles. The molecule has 0 radical (unpaired) electrons. The Morgan fingerprint density at radius 1 is 1.53 bits per heavy atom. The number of rotatable bonds is 2. The molecule has 0 bridgehead atoms. The zero-order chi connectivity index (χ0) is 14.2. The first-order valence-electron chi connectivity index (χ1n) is 5.39. The van der Waals surface area contributed by atoms with Gasteiger partial charge in [0.1, 0.15) is 5.75 Å². The van der Waals surface area contributed by atoms with Crippen molar-refractivity contribution in [3.8, 4) is 5.75 Å². The van der Waals surface area contributed by atoms with Crippen molar-refractivity contribution in [1.29, 1.82) is 0 Å². The Bertz CT molecular complexity index is 726. The predicted octanol–water partition coefficient (Wildman–Crippen LogP) is 0.864. The zero-order valence-corrected chi connectivity index (χ0v) is 10.9. The third-order valence-corrected chi connectivity index (χ3v) is 2.74. The maximum Gasteiger partial charge on any atom is 0.347 e. The molecule has 2 aromatic rings. The Hall–Kier alpha value is -2.15. The van der Waals surface area contributed by atoms with E-state index in [0.29, 0.717) is 0 Å². The van der Waals surface area contributed by atoms with Gasteiger partial charge >= 0.3 is 5.97 Å². The van der Waals surface area contributed by atoms with Crippen LogP contribution in [0.4, 0.5) is 0 Å². The summed E-state index contributed by atoms with van der Waals surface area (Å²) in [5.74, 6) is -1.40. The van der Waals surface area contributed by atoms with Crippen LogP contribution in [0.25, 0.3) is 11.0 Å². The summed E-state index contributed by atoms with van der Waals surface area (Å²) in [5, 5.41) is 17.5. The summed E-state index contributed by atoms with van der Waals surface area (Å²) >= 11 is 5.69. The Kier molecular flexibility index (Phi) is 3.39. The van der Waals surface area contributed by atoms with E-state index in [4.69, 9.17) is 16.3 Å². The minimum Gasteiger partial charge on any atom is -0.506 e. The molecule has 7 nitrogen and oxygen atoms in total. The van der Waals surface area contributed by atoms with Crippen LogP contribution >= 0.6 is 11.6 Å². The number of halogens is 1. The minimum atomic E-state index is -0.893. The van der Waals surface area contributed by atoms with Crippen molar-refractivity contribution in [2.45, 2.75) is 6.92 Å². The van der Waals surface area contributed by atoms with Crippen molar-refractivity contribution in [3.63, 3.8) is 0 Å². The van der Waals surface area contributed by atoms with E-state index in [2.05, 4.69) is 10.2 Å². The topological polar surface area (TPSA) is 94.3 Å². The first kappa shape index (κ1) is 13.3. The molecule has 0 saturated carbocycles. The summed E-state index contributed by atoms with van der Waals surface area (Å²) in [7, 11) is 1.41. The van der Waals surface area contributed by atoms with E-state index >= 15 is 0 Å². The molecule has 0 aromatic carbocycles. The van der Waals surface area contributed by atoms with Crippen LogP contribution in [0.2, 0.25) is 5.15 Å². The summed E-state index contributed by atoms with van der Waals surface area (Å²) in [5.41, 5.74) is -1.03. The van der Waals surface area contributed by atoms with Gasteiger partial charge in [-0.1, -0.05) is 11.6 Å². The standard InChI is InChI=1S/C11H10ClN3O4/c1-3-19-11(18)7-8(16)5-4-6(12)13-14-9(5)15(2)10(7)17/h4,16H,3H2,1-2H3. The van der Waals surface area contributed by atoms with E-state index in [1.807, 2.05) is 0 Å². The fraction of sp³-hybridized carbons (Fsp3) is 0.273. The third kappa shape index (κ3) is 2.12. The number of aryl methyl sites for hydroxylation is 1. The Labute approximate surface area is 112 Å². The van der Waals surface area contributed by atoms with E-state index in [0.717, 1.165) is 4.57 Å². The number of pyridine rings is 1. The maximum absolute atomic E-state index is 12.0. The van der Waals surface area contributed by atoms with Crippen molar-refractivity contribution in [2.24, 2.45) is 7.05 Å². The van der Waals surface area contributed by atoms with Gasteiger partial charge in [-0.25, -0.2) is 4.79 Å². The lowest BCUT2D eigenvalue weighted by atomic mass is 10.2. The Balaban J connectivity index is 2.86. The molecule has 0 amide bonds. The molecule has 100 valence electrons. The maximum atomic E-state index is 12.0. The first-order chi connectivity index (χ1) is 8.97. The number of carbonyl (C=O) groups is 1. The highest BCUT2D eigenvalue weighted by Gasteiger charge is 2.23. The van der Waals surface area contributed by atoms with Crippen LogP contribution in [-0.4, -0.2) is 32.4 Å². The smallest absolute Gasteiger partial charge is 0.347 e. The molecule has 2 aromatic heterocycles. The van der Waals surface area contributed by atoms with Gasteiger partial charge in [0, 0.05) is 7.05 Å². The molecule has 0 spiro atoms. The summed E-state index contributed by atoms with van der Waals surface area (Å²) in [6.45, 7) is 1.69. The van der Waals surface area contributed by atoms with Gasteiger partial charge in [0.15, 0.2) is 16.4 Å². The van der Waals surface area contributed by atoms with Gasteiger partial charge in [0.2, 0.25) is 0 Å². The molecule has 8 heteroatoms. The Morgan fingerprint density at radius 3 is 2.84 bits per heavy atom. The summed E-state index contributed by atoms with van der Waals surface area (Å²) in [6, 6.07) is 1.32. The molecular formula is C11H10ClN3O4. The highest BCUT2D eigenvalue weighted by molar-refractivity contribution is 6.30. The monoisotopic (exact) mass is 283 g/mol. The second-order valence-corrected chi connectivity index (χ2v) is 4.10. The number of aromatic nitrogens is 3. The normalized spacial score (nSPS) is 10.7. The molecule has 0 unspecified atom stereocenters. The lowest BCUT2D eigenvalue weighted by molar-refractivity contribution is 0.0520. The number of nitrogens with zero attached hydrogens (tertiary/aromatic N) is 3. The van der Waals surface area contributed by atoms with Crippen molar-refractivity contribution in [1.82, 2.24) is 14.8 Å². The molecule has 0 atom stereocenters. The van der Waals surface area contributed by atoms with Crippen LogP contribution in [0.1, 0.15) is 17.3 Å². The van der Waals surface area contributed by atoms with Gasteiger partial charge in [-0.3, -0.25) is 9.36 Å². The molecule has 19 heavy (non-hydrogen) atoms. The largest absolute Gasteiger partial charge is 0.506 e. The van der Waals surface area contributed by atoms with Crippen molar-refractivity contribution in [3.05, 3.63) is 27.1 Å². The highest BCUT2D eigenvalue weighted by Crippen LogP contribution is 2.26. The minimum absolute atomic E-state index is 0.0382. The molecule has 0 fully saturated rings. The first-order valence-corrected chi connectivity index (χ1v) is 5.77. The van der Waals surface area contributed by atoms with Crippen LogP contribution in [0.5, 0.6) is 5.75 Å². The van der Waals surface area contributed by atoms with Gasteiger partial charge in [0.25, 0.3) is 5.56 Å².